The Morgan fingerprint density at radius 2 is 0.762 bits per heavy atom. The Morgan fingerprint density at radius 3 is 1.19 bits per heavy atom. The average molecular weight is 636 g/mol. The van der Waals surface area contributed by atoms with E-state index in [4.69, 9.17) is 0 Å². The number of hydrogen-bond donors (Lipinski definition) is 0. The summed E-state index contributed by atoms with van der Waals surface area (Å²) in [5.74, 6) is 0. The molecule has 0 radical (unpaired) electrons. The molecule has 0 amide bonds. The van der Waals surface area contributed by atoms with Crippen LogP contribution in [0.2, 0.25) is 9.26 Å². The molecule has 204 valence electrons. The molecular weight excluding hydrogens is 600 g/mol. The van der Waals surface area contributed by atoms with Crippen LogP contribution in [0, 0.1) is 0 Å². The Kier molecular flexibility index (Phi) is 4.89. The van der Waals surface area contributed by atoms with E-state index >= 15 is 0 Å². The summed E-state index contributed by atoms with van der Waals surface area (Å²) in [6.45, 7) is 2.38. The van der Waals surface area contributed by atoms with E-state index in [0.29, 0.717) is 0 Å². The van der Waals surface area contributed by atoms with Crippen molar-refractivity contribution < 1.29 is 14.4 Å². The second kappa shape index (κ2) is 7.87. The number of benzene rings is 6. The van der Waals surface area contributed by atoms with Gasteiger partial charge in [0.15, 0.2) is 0 Å². The Labute approximate surface area is 245 Å². The summed E-state index contributed by atoms with van der Waals surface area (Å²) in [4.78, 5) is 0. The van der Waals surface area contributed by atoms with Gasteiger partial charge in [-0.05, 0) is 0 Å². The van der Waals surface area contributed by atoms with Crippen LogP contribution >= 0.6 is 0 Å². The Morgan fingerprint density at radius 1 is 0.405 bits per heavy atom. The van der Waals surface area contributed by atoms with Crippen molar-refractivity contribution in [2.45, 2.75) is 22.1 Å². The standard InChI is InChI=1S/2C13H9.2C6H5.2CH3.H2Si.Zr/c2*1-3-7-12-10(5-1)9-11-6-2-4-8-13(11)12;2*1-2-4-6-5-3-1;;;;/h2*1-5,7-8H,9H2;2*1-5H;2*1H3;1H2;. The first-order valence-electron chi connectivity index (χ1n) is 15.2. The first-order chi connectivity index (χ1) is 20.2. The minimum absolute atomic E-state index is 0.965. The van der Waals surface area contributed by atoms with E-state index in [0.717, 1.165) is 12.8 Å². The van der Waals surface area contributed by atoms with Crippen molar-refractivity contribution in [2.75, 3.05) is 0 Å². The summed E-state index contributed by atoms with van der Waals surface area (Å²) >= 11 is -5.84. The van der Waals surface area contributed by atoms with Crippen LogP contribution in [0.3, 0.4) is 0 Å². The maximum atomic E-state index is 2.75. The van der Waals surface area contributed by atoms with Crippen LogP contribution in [0.1, 0.15) is 22.3 Å². The molecule has 0 saturated carbocycles. The minimum atomic E-state index is -5.84. The van der Waals surface area contributed by atoms with Crippen molar-refractivity contribution in [3.05, 3.63) is 168 Å². The third-order valence-corrected chi connectivity index (χ3v) is 48.3. The fourth-order valence-electron chi connectivity index (χ4n) is 9.50. The van der Waals surface area contributed by atoms with Crippen LogP contribution in [-0.4, -0.2) is 6.88 Å². The van der Waals surface area contributed by atoms with Crippen LogP contribution in [0.25, 0.3) is 22.3 Å². The van der Waals surface area contributed by atoms with Gasteiger partial charge < -0.3 is 0 Å². The summed E-state index contributed by atoms with van der Waals surface area (Å²) in [6, 6.07) is 55.7. The number of rotatable bonds is 4. The first kappa shape index (κ1) is 26.1. The molecule has 0 atom stereocenters. The molecule has 0 aliphatic heterocycles. The van der Waals surface area contributed by atoms with Crippen LogP contribution in [0.4, 0.5) is 0 Å². The molecule has 0 fully saturated rings. The van der Waals surface area contributed by atoms with Crippen LogP contribution in [-0.2, 0) is 27.3 Å². The van der Waals surface area contributed by atoms with Gasteiger partial charge >= 0.3 is 247 Å². The summed E-state index contributed by atoms with van der Waals surface area (Å²) in [7, 11) is 0. The number of hydrogen-bond acceptors (Lipinski definition) is 0. The molecule has 2 heteroatoms. The SMILES string of the molecule is [CH3][Zr]([CH3])(=[SiH2])([c]1ccccc1)([c]1ccccc1)([c]1cccc2c1Cc1ccccc1-2)[c]1cccc2c1Cc1ccccc1-2. The molecular formula is C40H36SiZr. The van der Waals surface area contributed by atoms with Gasteiger partial charge in [0, 0.05) is 0 Å². The molecule has 6 aromatic carbocycles. The molecule has 0 bridgehead atoms. The molecule has 0 spiro atoms. The van der Waals surface area contributed by atoms with Crippen molar-refractivity contribution in [1.29, 1.82) is 0 Å². The topological polar surface area (TPSA) is 0 Å². The zero-order valence-corrected chi connectivity index (χ0v) is 28.3. The third-order valence-electron chi connectivity index (χ3n) is 11.9. The van der Waals surface area contributed by atoms with E-state index in [2.05, 4.69) is 162 Å². The predicted molar refractivity (Wildman–Crippen MR) is 181 cm³/mol. The third kappa shape index (κ3) is 2.86. The van der Waals surface area contributed by atoms with Crippen LogP contribution < -0.4 is 13.1 Å². The molecule has 6 aromatic rings. The molecule has 0 nitrogen and oxygen atoms in total. The van der Waals surface area contributed by atoms with Gasteiger partial charge in [-0.25, -0.2) is 0 Å². The van der Waals surface area contributed by atoms with E-state index < -0.39 is 14.4 Å². The molecule has 8 rings (SSSR count). The Bertz CT molecular complexity index is 2060. The van der Waals surface area contributed by atoms with Gasteiger partial charge in [0.1, 0.15) is 0 Å². The summed E-state index contributed by atoms with van der Waals surface area (Å²) < 4.78 is 11.5. The van der Waals surface area contributed by atoms with Crippen molar-refractivity contribution in [2.24, 2.45) is 0 Å². The second-order valence-electron chi connectivity index (χ2n) is 14.7. The van der Waals surface area contributed by atoms with E-state index in [1.165, 1.54) is 51.1 Å². The zero-order valence-electron chi connectivity index (χ0n) is 24.5. The van der Waals surface area contributed by atoms with E-state index in [-0.39, 0.29) is 0 Å². The van der Waals surface area contributed by atoms with Crippen LogP contribution in [0.15, 0.2) is 146 Å². The van der Waals surface area contributed by atoms with E-state index in [1.54, 1.807) is 6.54 Å². The summed E-state index contributed by atoms with van der Waals surface area (Å²) in [5.41, 5.74) is 11.4. The monoisotopic (exact) mass is 634 g/mol. The van der Waals surface area contributed by atoms with Gasteiger partial charge in [-0.15, -0.1) is 0 Å². The fourth-order valence-corrected chi connectivity index (χ4v) is 39.9. The normalized spacial score (nSPS) is 15.7. The maximum absolute atomic E-state index is 5.84. The quantitative estimate of drug-likeness (QED) is 0.186. The molecule has 0 saturated heterocycles. The van der Waals surface area contributed by atoms with Gasteiger partial charge in [-0.1, -0.05) is 0 Å². The molecule has 42 heavy (non-hydrogen) atoms. The second-order valence-corrected chi connectivity index (χ2v) is 59.9. The van der Waals surface area contributed by atoms with E-state index in [9.17, 15) is 0 Å². The molecule has 0 heterocycles. The molecule has 0 aromatic heterocycles. The molecule has 2 aliphatic carbocycles. The van der Waals surface area contributed by atoms with Crippen molar-refractivity contribution >= 4 is 20.0 Å². The molecule has 0 unspecified atom stereocenters. The zero-order chi connectivity index (χ0) is 28.7. The summed E-state index contributed by atoms with van der Waals surface area (Å²) in [6.07, 6.45) is 1.93. The van der Waals surface area contributed by atoms with Gasteiger partial charge in [0.2, 0.25) is 0 Å². The Hall–Kier alpha value is -3.58. The van der Waals surface area contributed by atoms with E-state index in [1.807, 2.05) is 0 Å². The molecule has 2 aliphatic rings. The van der Waals surface area contributed by atoms with Crippen molar-refractivity contribution in [3.63, 3.8) is 0 Å². The van der Waals surface area contributed by atoms with Gasteiger partial charge in [0.05, 0.1) is 0 Å². The summed E-state index contributed by atoms with van der Waals surface area (Å²) in [5, 5.41) is 0. The molecule has 0 N–H and O–H groups in total. The van der Waals surface area contributed by atoms with Gasteiger partial charge in [-0.3, -0.25) is 0 Å². The number of fused-ring (bicyclic) bond motifs is 6. The fraction of sp³-hybridized carbons (Fsp3) is 0.100. The van der Waals surface area contributed by atoms with Crippen molar-refractivity contribution in [3.8, 4) is 22.3 Å². The van der Waals surface area contributed by atoms with Crippen molar-refractivity contribution in [1.82, 2.24) is 0 Å². The average Bonchev–Trinajstić information content (AvgIpc) is 3.61. The first-order valence-corrected chi connectivity index (χ1v) is 31.0. The Balaban J connectivity index is 1.66. The van der Waals surface area contributed by atoms with Gasteiger partial charge in [0.25, 0.3) is 0 Å². The van der Waals surface area contributed by atoms with Crippen LogP contribution in [0.5, 0.6) is 0 Å². The van der Waals surface area contributed by atoms with Gasteiger partial charge in [-0.2, -0.15) is 0 Å². The predicted octanol–water partition coefficient (Wildman–Crippen LogP) is 6.84.